The molecule has 0 spiro atoms. The largest absolute Gasteiger partial charge is 0.465 e. The number of esters is 1. The van der Waals surface area contributed by atoms with Crippen molar-refractivity contribution < 1.29 is 41.8 Å². The van der Waals surface area contributed by atoms with Crippen LogP contribution in [0.4, 0.5) is 13.2 Å². The van der Waals surface area contributed by atoms with Crippen LogP contribution < -0.4 is 0 Å². The molecule has 0 saturated heterocycles. The van der Waals surface area contributed by atoms with Crippen molar-refractivity contribution in [3.8, 4) is 0 Å². The number of benzene rings is 4. The number of carbonyl (C=O) groups excluding carboxylic acids is 2. The molecule has 6 nitrogen and oxygen atoms in total. The zero-order valence-electron chi connectivity index (χ0n) is 23.0. The summed E-state index contributed by atoms with van der Waals surface area (Å²) in [7, 11) is -4.54. The molecule has 4 rings (SSSR count). The van der Waals surface area contributed by atoms with Crippen LogP contribution in [0, 0.1) is 5.82 Å². The minimum Gasteiger partial charge on any atom is -0.465 e. The summed E-state index contributed by atoms with van der Waals surface area (Å²) >= 11 is 0. The number of ether oxygens (including phenoxy) is 1. The van der Waals surface area contributed by atoms with Gasteiger partial charge in [0.05, 0.1) is 18.1 Å². The Morgan fingerprint density at radius 3 is 1.93 bits per heavy atom. The Hall–Kier alpha value is -4.30. The van der Waals surface area contributed by atoms with Crippen molar-refractivity contribution in [2.24, 2.45) is 0 Å². The number of rotatable bonds is 11. The molecular weight excluding hydrogens is 580 g/mol. The number of Topliss-reactive ketones (excluding diaryl/α,β-unsaturated/α-hetero) is 1. The third-order valence-corrected chi connectivity index (χ3v) is 8.14. The summed E-state index contributed by atoms with van der Waals surface area (Å²) < 4.78 is 58.7. The normalized spacial score (nSPS) is 13.4. The molecule has 0 amide bonds. The van der Waals surface area contributed by atoms with Crippen LogP contribution in [0.25, 0.3) is 6.08 Å². The molecule has 1 atom stereocenters. The van der Waals surface area contributed by atoms with Gasteiger partial charge < -0.3 is 14.5 Å². The molecule has 0 aromatic heterocycles. The van der Waals surface area contributed by atoms with E-state index in [1.165, 1.54) is 43.5 Å². The van der Waals surface area contributed by atoms with E-state index in [1.54, 1.807) is 18.2 Å². The van der Waals surface area contributed by atoms with Crippen LogP contribution >= 0.6 is 7.60 Å². The van der Waals surface area contributed by atoms with Gasteiger partial charge in [-0.15, -0.1) is 0 Å². The lowest BCUT2D eigenvalue weighted by Gasteiger charge is -2.33. The number of methoxy groups -OCH3 is 1. The Labute approximate surface area is 246 Å². The molecule has 2 N–H and O–H groups in total. The Kier molecular flexibility index (Phi) is 9.50. The highest BCUT2D eigenvalue weighted by molar-refractivity contribution is 7.52. The second-order valence-electron chi connectivity index (χ2n) is 9.96. The van der Waals surface area contributed by atoms with Gasteiger partial charge in [0.15, 0.2) is 5.78 Å². The number of halogens is 3. The van der Waals surface area contributed by atoms with Gasteiger partial charge in [0, 0.05) is 11.1 Å². The molecule has 0 heterocycles. The molecule has 0 bridgehead atoms. The average molecular weight is 609 g/mol. The van der Waals surface area contributed by atoms with E-state index in [-0.39, 0.29) is 29.8 Å². The zero-order valence-corrected chi connectivity index (χ0v) is 23.9. The van der Waals surface area contributed by atoms with Crippen molar-refractivity contribution >= 4 is 25.4 Å². The van der Waals surface area contributed by atoms with Crippen molar-refractivity contribution in [1.29, 1.82) is 0 Å². The maximum Gasteiger partial charge on any atom is 0.399 e. The molecule has 4 aromatic carbocycles. The number of ketones is 1. The first-order chi connectivity index (χ1) is 20.4. The van der Waals surface area contributed by atoms with Gasteiger partial charge in [-0.3, -0.25) is 9.36 Å². The van der Waals surface area contributed by atoms with Crippen molar-refractivity contribution in [2.45, 2.75) is 23.9 Å². The summed E-state index contributed by atoms with van der Waals surface area (Å²) in [6.07, 6.45) is 3.73. The lowest BCUT2D eigenvalue weighted by molar-refractivity contribution is 0.0564. The molecule has 1 unspecified atom stereocenters. The molecule has 0 aliphatic heterocycles. The lowest BCUT2D eigenvalue weighted by Crippen LogP contribution is -2.38. The monoisotopic (exact) mass is 608 g/mol. The van der Waals surface area contributed by atoms with E-state index in [1.807, 2.05) is 36.4 Å². The Morgan fingerprint density at radius 1 is 0.814 bits per heavy atom. The number of hydrogen-bond acceptors (Lipinski definition) is 4. The average Bonchev–Trinajstić information content (AvgIpc) is 3.00. The van der Waals surface area contributed by atoms with E-state index >= 15 is 0 Å². The summed E-state index contributed by atoms with van der Waals surface area (Å²) in [5, 5.41) is 0. The Bertz CT molecular complexity index is 1650. The maximum atomic E-state index is 14.4. The van der Waals surface area contributed by atoms with E-state index in [9.17, 15) is 27.3 Å². The third kappa shape index (κ3) is 7.03. The van der Waals surface area contributed by atoms with Crippen molar-refractivity contribution in [1.82, 2.24) is 0 Å². The van der Waals surface area contributed by atoms with Crippen LogP contribution in [-0.2, 0) is 26.8 Å². The van der Waals surface area contributed by atoms with E-state index in [4.69, 9.17) is 14.5 Å². The first kappa shape index (κ1) is 31.6. The summed E-state index contributed by atoms with van der Waals surface area (Å²) in [5.74, 6) is -1.50. The third-order valence-electron chi connectivity index (χ3n) is 7.15. The van der Waals surface area contributed by atoms with Crippen LogP contribution in [0.1, 0.15) is 49.4 Å². The van der Waals surface area contributed by atoms with Crippen LogP contribution in [0.5, 0.6) is 0 Å². The first-order valence-corrected chi connectivity index (χ1v) is 14.7. The number of alkyl halides is 2. The molecule has 4 aromatic rings. The van der Waals surface area contributed by atoms with E-state index in [0.29, 0.717) is 11.1 Å². The van der Waals surface area contributed by atoms with E-state index in [0.717, 1.165) is 29.8 Å². The van der Waals surface area contributed by atoms with E-state index in [2.05, 4.69) is 0 Å². The quantitative estimate of drug-likeness (QED) is 0.105. The van der Waals surface area contributed by atoms with Gasteiger partial charge in [-0.1, -0.05) is 78.9 Å². The molecule has 222 valence electrons. The SMILES string of the molecule is COC(=O)c1ccc(C(C/C=C/c2ccccc2)(Cc2ccc(C(F)(F)P(=O)(O)O)cc2)C(=O)c2ccc(F)cc2)cc1. The van der Waals surface area contributed by atoms with Gasteiger partial charge >= 0.3 is 19.2 Å². The number of allylic oxidation sites excluding steroid dienone is 1. The minimum absolute atomic E-state index is 0.0261. The summed E-state index contributed by atoms with van der Waals surface area (Å²) in [4.78, 5) is 44.8. The van der Waals surface area contributed by atoms with Crippen LogP contribution in [0.15, 0.2) is 109 Å². The standard InChI is InChI=1S/C33H28F3O6P/c1-42-31(38)26-11-17-27(18-12-26)32(21-5-8-23-6-3-2-4-7-23,30(37)25-13-19-29(34)20-14-25)22-24-9-15-28(16-10-24)33(35,36)43(39,40)41/h2-20H,21-22H2,1H3,(H2,39,40,41)/b8-5+. The predicted molar refractivity (Wildman–Crippen MR) is 156 cm³/mol. The van der Waals surface area contributed by atoms with Crippen LogP contribution in [0.2, 0.25) is 0 Å². The Morgan fingerprint density at radius 2 is 1.37 bits per heavy atom. The Balaban J connectivity index is 1.86. The van der Waals surface area contributed by atoms with Crippen LogP contribution in [-0.4, -0.2) is 28.6 Å². The fraction of sp³-hybridized carbons (Fsp3) is 0.152. The minimum atomic E-state index is -5.78. The number of carbonyl (C=O) groups is 2. The van der Waals surface area contributed by atoms with Gasteiger partial charge in [0.2, 0.25) is 0 Å². The zero-order chi connectivity index (χ0) is 31.3. The van der Waals surface area contributed by atoms with Gasteiger partial charge in [-0.05, 0) is 65.9 Å². The highest BCUT2D eigenvalue weighted by Crippen LogP contribution is 2.59. The van der Waals surface area contributed by atoms with Crippen LogP contribution in [0.3, 0.4) is 0 Å². The fourth-order valence-electron chi connectivity index (χ4n) is 4.82. The first-order valence-electron chi connectivity index (χ1n) is 13.1. The van der Waals surface area contributed by atoms with Crippen molar-refractivity contribution in [2.75, 3.05) is 7.11 Å². The van der Waals surface area contributed by atoms with Crippen molar-refractivity contribution in [3.63, 3.8) is 0 Å². The smallest absolute Gasteiger partial charge is 0.399 e. The van der Waals surface area contributed by atoms with E-state index < -0.39 is 36.0 Å². The molecular formula is C33H28F3O6P. The van der Waals surface area contributed by atoms with Gasteiger partial charge in [-0.2, -0.15) is 8.78 Å². The summed E-state index contributed by atoms with van der Waals surface area (Å²) in [5.41, 5.74) is -4.39. The maximum absolute atomic E-state index is 14.4. The summed E-state index contributed by atoms with van der Waals surface area (Å²) in [6.45, 7) is 0. The second kappa shape index (κ2) is 12.9. The molecule has 10 heteroatoms. The van der Waals surface area contributed by atoms with Gasteiger partial charge in [0.25, 0.3) is 0 Å². The molecule has 0 radical (unpaired) electrons. The highest BCUT2D eigenvalue weighted by Gasteiger charge is 2.50. The predicted octanol–water partition coefficient (Wildman–Crippen LogP) is 7.31. The molecule has 43 heavy (non-hydrogen) atoms. The van der Waals surface area contributed by atoms with Crippen molar-refractivity contribution in [3.05, 3.63) is 148 Å². The highest BCUT2D eigenvalue weighted by atomic mass is 31.2. The van der Waals surface area contributed by atoms with Gasteiger partial charge in [0.1, 0.15) is 5.82 Å². The molecule has 0 aliphatic carbocycles. The molecule has 0 saturated carbocycles. The fourth-order valence-corrected chi connectivity index (χ4v) is 5.30. The molecule has 0 fully saturated rings. The second-order valence-corrected chi connectivity index (χ2v) is 11.6. The topological polar surface area (TPSA) is 101 Å². The van der Waals surface area contributed by atoms with Gasteiger partial charge in [-0.25, -0.2) is 9.18 Å². The lowest BCUT2D eigenvalue weighted by atomic mass is 9.68. The molecule has 0 aliphatic rings. The number of hydrogen-bond donors (Lipinski definition) is 2. The summed E-state index contributed by atoms with van der Waals surface area (Å²) in [6, 6.07) is 25.0.